The number of halogens is 1. The van der Waals surface area contributed by atoms with Crippen molar-refractivity contribution in [2.75, 3.05) is 18.4 Å². The predicted octanol–water partition coefficient (Wildman–Crippen LogP) is 3.54. The van der Waals surface area contributed by atoms with Crippen LogP contribution in [0.2, 0.25) is 0 Å². The quantitative estimate of drug-likeness (QED) is 0.774. The van der Waals surface area contributed by atoms with Gasteiger partial charge in [-0.15, -0.1) is 12.4 Å². The van der Waals surface area contributed by atoms with Gasteiger partial charge in [0.05, 0.1) is 22.2 Å². The Bertz CT molecular complexity index is 678. The lowest BCUT2D eigenvalue weighted by Gasteiger charge is -2.22. The number of nitrogens with one attached hydrogen (secondary N) is 3. The molecule has 5 nitrogen and oxygen atoms in total. The van der Waals surface area contributed by atoms with Crippen molar-refractivity contribution in [1.29, 1.82) is 0 Å². The molecule has 2 aromatic rings. The molecule has 130 valence electrons. The summed E-state index contributed by atoms with van der Waals surface area (Å²) < 4.78 is 0. The van der Waals surface area contributed by atoms with Gasteiger partial charge in [0.2, 0.25) is 5.91 Å². The zero-order valence-corrected chi connectivity index (χ0v) is 15.5. The first kappa shape index (κ1) is 18.8. The van der Waals surface area contributed by atoms with E-state index in [0.29, 0.717) is 0 Å². The Morgan fingerprint density at radius 3 is 2.79 bits per heavy atom. The molecule has 1 amide bonds. The summed E-state index contributed by atoms with van der Waals surface area (Å²) in [4.78, 5) is 14.6. The number of hydrogen-bond acceptors (Lipinski definition) is 4. The molecule has 7 heteroatoms. The summed E-state index contributed by atoms with van der Waals surface area (Å²) in [6.07, 6.45) is 2.01. The number of benzene rings is 1. The smallest absolute Gasteiger partial charge is 0.228 e. The number of aromatic nitrogens is 2. The van der Waals surface area contributed by atoms with Crippen molar-refractivity contribution < 1.29 is 4.79 Å². The molecule has 1 fully saturated rings. The van der Waals surface area contributed by atoms with Gasteiger partial charge in [0, 0.05) is 17.1 Å². The highest BCUT2D eigenvalue weighted by molar-refractivity contribution is 7.99. The average molecular weight is 367 g/mol. The van der Waals surface area contributed by atoms with E-state index in [9.17, 15) is 4.79 Å². The summed E-state index contributed by atoms with van der Waals surface area (Å²) in [5.74, 6) is 0.157. The molecule has 0 spiro atoms. The molecular formula is C17H23ClN4OS. The Kier molecular flexibility index (Phi) is 6.71. The fraction of sp³-hybridized carbons (Fsp3) is 0.412. The largest absolute Gasteiger partial charge is 0.325 e. The lowest BCUT2D eigenvalue weighted by Crippen LogP contribution is -2.37. The van der Waals surface area contributed by atoms with Crippen molar-refractivity contribution in [2.45, 2.75) is 36.5 Å². The van der Waals surface area contributed by atoms with Gasteiger partial charge in [-0.05, 0) is 45.4 Å². The molecule has 0 saturated carbocycles. The Hall–Kier alpha value is -1.50. The summed E-state index contributed by atoms with van der Waals surface area (Å²) in [7, 11) is 0. The average Bonchev–Trinajstić information content (AvgIpc) is 2.89. The monoisotopic (exact) mass is 366 g/mol. The maximum atomic E-state index is 12.5. The van der Waals surface area contributed by atoms with Crippen LogP contribution in [0.1, 0.15) is 24.2 Å². The molecule has 3 rings (SSSR count). The normalized spacial score (nSPS) is 17.2. The zero-order valence-electron chi connectivity index (χ0n) is 13.9. The predicted molar refractivity (Wildman–Crippen MR) is 100 cm³/mol. The number of aryl methyl sites for hydroxylation is 2. The fourth-order valence-corrected chi connectivity index (χ4v) is 3.76. The van der Waals surface area contributed by atoms with Crippen molar-refractivity contribution in [2.24, 2.45) is 5.92 Å². The second kappa shape index (κ2) is 8.55. The number of anilines is 1. The number of amides is 1. The van der Waals surface area contributed by atoms with E-state index in [0.717, 1.165) is 52.8 Å². The Morgan fingerprint density at radius 2 is 2.12 bits per heavy atom. The number of piperidine rings is 1. The van der Waals surface area contributed by atoms with Crippen molar-refractivity contribution in [3.05, 3.63) is 35.7 Å². The number of carbonyl (C=O) groups is 1. The van der Waals surface area contributed by atoms with E-state index >= 15 is 0 Å². The second-order valence-electron chi connectivity index (χ2n) is 5.89. The van der Waals surface area contributed by atoms with E-state index < -0.39 is 0 Å². The van der Waals surface area contributed by atoms with E-state index in [1.807, 2.05) is 38.1 Å². The molecule has 1 atom stereocenters. The fourth-order valence-electron chi connectivity index (χ4n) is 2.77. The van der Waals surface area contributed by atoms with Gasteiger partial charge in [-0.1, -0.05) is 23.9 Å². The van der Waals surface area contributed by atoms with Gasteiger partial charge in [0.1, 0.15) is 0 Å². The lowest BCUT2D eigenvalue weighted by atomic mass is 9.99. The van der Waals surface area contributed by atoms with Crippen molar-refractivity contribution >= 4 is 35.8 Å². The van der Waals surface area contributed by atoms with Crippen molar-refractivity contribution in [3.8, 4) is 0 Å². The molecule has 2 heterocycles. The zero-order chi connectivity index (χ0) is 16.2. The molecular weight excluding hydrogens is 344 g/mol. The van der Waals surface area contributed by atoms with Gasteiger partial charge >= 0.3 is 0 Å². The molecule has 0 aliphatic carbocycles. The highest BCUT2D eigenvalue weighted by atomic mass is 35.5. The maximum absolute atomic E-state index is 12.5. The number of carbonyl (C=O) groups excluding carboxylic acids is 1. The van der Waals surface area contributed by atoms with Crippen LogP contribution in [0.15, 0.2) is 34.1 Å². The van der Waals surface area contributed by atoms with Gasteiger partial charge in [0.15, 0.2) is 0 Å². The highest BCUT2D eigenvalue weighted by Gasteiger charge is 2.22. The Morgan fingerprint density at radius 1 is 1.33 bits per heavy atom. The first-order chi connectivity index (χ1) is 11.1. The van der Waals surface area contributed by atoms with Gasteiger partial charge in [-0.25, -0.2) is 0 Å². The van der Waals surface area contributed by atoms with E-state index in [1.165, 1.54) is 0 Å². The van der Waals surface area contributed by atoms with E-state index in [1.54, 1.807) is 11.8 Å². The van der Waals surface area contributed by atoms with E-state index in [2.05, 4.69) is 20.8 Å². The van der Waals surface area contributed by atoms with E-state index in [-0.39, 0.29) is 24.2 Å². The van der Waals surface area contributed by atoms with Gasteiger partial charge in [-0.2, -0.15) is 5.10 Å². The summed E-state index contributed by atoms with van der Waals surface area (Å²) in [5, 5.41) is 13.6. The van der Waals surface area contributed by atoms with Crippen LogP contribution in [-0.4, -0.2) is 29.2 Å². The molecule has 1 aromatic carbocycles. The van der Waals surface area contributed by atoms with Gasteiger partial charge in [-0.3, -0.25) is 9.89 Å². The maximum Gasteiger partial charge on any atom is 0.228 e. The molecule has 1 aliphatic rings. The minimum Gasteiger partial charge on any atom is -0.325 e. The van der Waals surface area contributed by atoms with Crippen LogP contribution in [0.25, 0.3) is 0 Å². The van der Waals surface area contributed by atoms with Crippen LogP contribution >= 0.6 is 24.2 Å². The van der Waals surface area contributed by atoms with Crippen molar-refractivity contribution in [1.82, 2.24) is 15.5 Å². The molecule has 0 radical (unpaired) electrons. The summed E-state index contributed by atoms with van der Waals surface area (Å²) in [6.45, 7) is 5.77. The summed E-state index contributed by atoms with van der Waals surface area (Å²) in [6, 6.07) is 7.94. The number of rotatable bonds is 4. The number of hydrogen-bond donors (Lipinski definition) is 3. The molecule has 1 saturated heterocycles. The second-order valence-corrected chi connectivity index (χ2v) is 6.95. The molecule has 1 aliphatic heterocycles. The highest BCUT2D eigenvalue weighted by Crippen LogP contribution is 2.36. The molecule has 24 heavy (non-hydrogen) atoms. The number of nitrogens with zero attached hydrogens (tertiary/aromatic N) is 1. The number of H-pyrrole nitrogens is 1. The molecule has 1 unspecified atom stereocenters. The summed E-state index contributed by atoms with van der Waals surface area (Å²) >= 11 is 1.64. The van der Waals surface area contributed by atoms with Crippen LogP contribution in [0, 0.1) is 19.8 Å². The Balaban J connectivity index is 0.00000208. The van der Waals surface area contributed by atoms with Crippen LogP contribution in [0.3, 0.4) is 0 Å². The minimum absolute atomic E-state index is 0. The summed E-state index contributed by atoms with van der Waals surface area (Å²) in [5.41, 5.74) is 2.89. The molecule has 0 bridgehead atoms. The Labute approximate surface area is 152 Å². The van der Waals surface area contributed by atoms with Crippen LogP contribution < -0.4 is 10.6 Å². The van der Waals surface area contributed by atoms with Gasteiger partial charge < -0.3 is 10.6 Å². The van der Waals surface area contributed by atoms with Crippen molar-refractivity contribution in [3.63, 3.8) is 0 Å². The van der Waals surface area contributed by atoms with Crippen LogP contribution in [0.5, 0.6) is 0 Å². The minimum atomic E-state index is 0. The topological polar surface area (TPSA) is 69.8 Å². The first-order valence-corrected chi connectivity index (χ1v) is 8.77. The van der Waals surface area contributed by atoms with Gasteiger partial charge in [0.25, 0.3) is 0 Å². The third kappa shape index (κ3) is 4.32. The standard InChI is InChI=1S/C17H22N4OS.ClH/c1-11-16(12(2)21-20-11)23-15-8-4-3-7-14(15)19-17(22)13-6-5-9-18-10-13;/h3-4,7-8,13,18H,5-6,9-10H2,1-2H3,(H,19,22)(H,20,21);1H. The van der Waals surface area contributed by atoms with Crippen LogP contribution in [0.4, 0.5) is 5.69 Å². The van der Waals surface area contributed by atoms with E-state index in [4.69, 9.17) is 0 Å². The third-order valence-corrected chi connectivity index (χ3v) is 5.47. The van der Waals surface area contributed by atoms with Crippen LogP contribution in [-0.2, 0) is 4.79 Å². The SMILES string of the molecule is Cc1n[nH]c(C)c1Sc1ccccc1NC(=O)C1CCCNC1.Cl. The number of para-hydroxylation sites is 1. The lowest BCUT2D eigenvalue weighted by molar-refractivity contribution is -0.120. The molecule has 1 aromatic heterocycles. The first-order valence-electron chi connectivity index (χ1n) is 7.95. The number of aromatic amines is 1. The molecule has 3 N–H and O–H groups in total. The third-order valence-electron chi connectivity index (χ3n) is 4.09.